The van der Waals surface area contributed by atoms with Gasteiger partial charge in [0.1, 0.15) is 10.8 Å². The van der Waals surface area contributed by atoms with Crippen molar-refractivity contribution in [1.82, 2.24) is 9.29 Å². The number of benzene rings is 1. The van der Waals surface area contributed by atoms with Crippen LogP contribution < -0.4 is 10.1 Å². The number of aromatic nitrogens is 1. The zero-order chi connectivity index (χ0) is 23.3. The molecule has 0 saturated carbocycles. The van der Waals surface area contributed by atoms with Gasteiger partial charge in [0.15, 0.2) is 0 Å². The molecule has 1 N–H and O–H groups in total. The SMILES string of the molecule is CCN(CC)S(=O)(=O)c1ccc(OC(C)C)c(NC(=O)Cc2csc(-c3cccs3)n2)c1. The fourth-order valence-corrected chi connectivity index (χ4v) is 6.22. The van der Waals surface area contributed by atoms with Crippen molar-refractivity contribution in [2.75, 3.05) is 18.4 Å². The maximum atomic E-state index is 12.9. The van der Waals surface area contributed by atoms with Gasteiger partial charge in [-0.1, -0.05) is 19.9 Å². The second-order valence-electron chi connectivity index (χ2n) is 7.26. The maximum Gasteiger partial charge on any atom is 0.243 e. The second-order valence-corrected chi connectivity index (χ2v) is 11.0. The van der Waals surface area contributed by atoms with E-state index in [-0.39, 0.29) is 23.3 Å². The third-order valence-electron chi connectivity index (χ3n) is 4.56. The van der Waals surface area contributed by atoms with Crippen LogP contribution in [0.2, 0.25) is 0 Å². The molecule has 0 saturated heterocycles. The Morgan fingerprint density at radius 1 is 1.19 bits per heavy atom. The summed E-state index contributed by atoms with van der Waals surface area (Å²) < 4.78 is 33.0. The van der Waals surface area contributed by atoms with Gasteiger partial charge in [-0.15, -0.1) is 22.7 Å². The topological polar surface area (TPSA) is 88.6 Å². The summed E-state index contributed by atoms with van der Waals surface area (Å²) in [6.07, 6.45) is -0.0569. The van der Waals surface area contributed by atoms with Gasteiger partial charge in [0.25, 0.3) is 0 Å². The molecule has 0 unspecified atom stereocenters. The summed E-state index contributed by atoms with van der Waals surface area (Å²) in [7, 11) is -3.67. The average molecular weight is 494 g/mol. The summed E-state index contributed by atoms with van der Waals surface area (Å²) in [5, 5.41) is 7.54. The highest BCUT2D eigenvalue weighted by Gasteiger charge is 2.24. The van der Waals surface area contributed by atoms with Crippen molar-refractivity contribution < 1.29 is 17.9 Å². The van der Waals surface area contributed by atoms with Crippen LogP contribution in [0.5, 0.6) is 5.75 Å². The lowest BCUT2D eigenvalue weighted by atomic mass is 10.2. The number of thiophene rings is 1. The van der Waals surface area contributed by atoms with Crippen LogP contribution in [0.25, 0.3) is 9.88 Å². The Kier molecular flexibility index (Phi) is 8.05. The quantitative estimate of drug-likeness (QED) is 0.435. The van der Waals surface area contributed by atoms with Crippen molar-refractivity contribution >= 4 is 44.3 Å². The predicted octanol–water partition coefficient (Wildman–Crippen LogP) is 4.87. The lowest BCUT2D eigenvalue weighted by molar-refractivity contribution is -0.115. The standard InChI is InChI=1S/C22H27N3O4S3/c1-5-25(6-2)32(27,28)17-9-10-19(29-15(3)4)18(13-17)24-21(26)12-16-14-31-22(23-16)20-8-7-11-30-20/h7-11,13-15H,5-6,12H2,1-4H3,(H,24,26). The molecule has 0 spiro atoms. The van der Waals surface area contributed by atoms with Crippen molar-refractivity contribution in [1.29, 1.82) is 0 Å². The Bertz CT molecular complexity index is 1150. The first kappa shape index (κ1) is 24.4. The number of carbonyl (C=O) groups is 1. The molecule has 32 heavy (non-hydrogen) atoms. The Balaban J connectivity index is 1.83. The van der Waals surface area contributed by atoms with Gasteiger partial charge >= 0.3 is 0 Å². The summed E-state index contributed by atoms with van der Waals surface area (Å²) in [5.74, 6) is 0.128. The molecule has 0 atom stereocenters. The molecule has 0 radical (unpaired) electrons. The number of rotatable bonds is 10. The van der Waals surface area contributed by atoms with E-state index in [9.17, 15) is 13.2 Å². The highest BCUT2D eigenvalue weighted by atomic mass is 32.2. The first-order valence-electron chi connectivity index (χ1n) is 10.3. The second kappa shape index (κ2) is 10.6. The number of nitrogens with one attached hydrogen (secondary N) is 1. The van der Waals surface area contributed by atoms with Gasteiger partial charge < -0.3 is 10.1 Å². The van der Waals surface area contributed by atoms with Crippen LogP contribution in [0.15, 0.2) is 46.0 Å². The van der Waals surface area contributed by atoms with Crippen molar-refractivity contribution in [3.8, 4) is 15.6 Å². The van der Waals surface area contributed by atoms with Crippen LogP contribution in [0.3, 0.4) is 0 Å². The van der Waals surface area contributed by atoms with E-state index in [1.54, 1.807) is 31.3 Å². The van der Waals surface area contributed by atoms with E-state index in [2.05, 4.69) is 10.3 Å². The average Bonchev–Trinajstić information content (AvgIpc) is 3.41. The zero-order valence-corrected chi connectivity index (χ0v) is 20.9. The molecule has 3 aromatic rings. The Hall–Kier alpha value is -2.27. The molecule has 0 fully saturated rings. The molecule has 1 amide bonds. The Morgan fingerprint density at radius 3 is 2.56 bits per heavy atom. The number of hydrogen-bond donors (Lipinski definition) is 1. The molecule has 1 aromatic carbocycles. The molecule has 10 heteroatoms. The molecule has 0 aliphatic carbocycles. The summed E-state index contributed by atoms with van der Waals surface area (Å²) >= 11 is 3.09. The van der Waals surface area contributed by atoms with E-state index in [0.29, 0.717) is 30.2 Å². The molecule has 2 heterocycles. The lowest BCUT2D eigenvalue weighted by Gasteiger charge is -2.20. The van der Waals surface area contributed by atoms with Crippen LogP contribution in [-0.4, -0.2) is 42.8 Å². The van der Waals surface area contributed by atoms with Crippen LogP contribution >= 0.6 is 22.7 Å². The molecule has 0 aliphatic heterocycles. The molecule has 0 bridgehead atoms. The highest BCUT2D eigenvalue weighted by Crippen LogP contribution is 2.31. The molecular weight excluding hydrogens is 466 g/mol. The van der Waals surface area contributed by atoms with Crippen molar-refractivity contribution in [3.63, 3.8) is 0 Å². The molecular formula is C22H27N3O4S3. The fraction of sp³-hybridized carbons (Fsp3) is 0.364. The Labute approximate surface area is 197 Å². The summed E-state index contributed by atoms with van der Waals surface area (Å²) in [4.78, 5) is 18.5. The smallest absolute Gasteiger partial charge is 0.243 e. The number of nitrogens with zero attached hydrogens (tertiary/aromatic N) is 2. The van der Waals surface area contributed by atoms with Crippen molar-refractivity contribution in [2.24, 2.45) is 0 Å². The van der Waals surface area contributed by atoms with Gasteiger partial charge in [-0.2, -0.15) is 4.31 Å². The molecule has 172 valence electrons. The van der Waals surface area contributed by atoms with Gasteiger partial charge in [-0.05, 0) is 43.5 Å². The van der Waals surface area contributed by atoms with Crippen LogP contribution in [0.4, 0.5) is 5.69 Å². The van der Waals surface area contributed by atoms with Gasteiger partial charge in [0.05, 0.1) is 33.7 Å². The summed E-state index contributed by atoms with van der Waals surface area (Å²) in [6, 6.07) is 8.51. The maximum absolute atomic E-state index is 12.9. The number of carbonyl (C=O) groups excluding carboxylic acids is 1. The Morgan fingerprint density at radius 2 is 1.94 bits per heavy atom. The van der Waals surface area contributed by atoms with E-state index in [1.807, 2.05) is 36.7 Å². The molecule has 3 rings (SSSR count). The number of hydrogen-bond acceptors (Lipinski definition) is 7. The van der Waals surface area contributed by atoms with E-state index in [4.69, 9.17) is 4.74 Å². The first-order chi connectivity index (χ1) is 15.2. The molecule has 0 aliphatic rings. The normalized spacial score (nSPS) is 11.8. The van der Waals surface area contributed by atoms with E-state index in [1.165, 1.54) is 27.8 Å². The minimum Gasteiger partial charge on any atom is -0.489 e. The zero-order valence-electron chi connectivity index (χ0n) is 18.5. The largest absolute Gasteiger partial charge is 0.489 e. The van der Waals surface area contributed by atoms with E-state index in [0.717, 1.165) is 9.88 Å². The minimum atomic E-state index is -3.67. The number of sulfonamides is 1. The van der Waals surface area contributed by atoms with Crippen molar-refractivity contribution in [3.05, 3.63) is 46.8 Å². The summed E-state index contributed by atoms with van der Waals surface area (Å²) in [5.41, 5.74) is 0.986. The monoisotopic (exact) mass is 493 g/mol. The van der Waals surface area contributed by atoms with Gasteiger partial charge in [0.2, 0.25) is 15.9 Å². The van der Waals surface area contributed by atoms with E-state index < -0.39 is 10.0 Å². The van der Waals surface area contributed by atoms with Gasteiger partial charge in [-0.3, -0.25) is 4.79 Å². The van der Waals surface area contributed by atoms with Crippen molar-refractivity contribution in [2.45, 2.75) is 45.1 Å². The minimum absolute atomic E-state index is 0.0794. The first-order valence-corrected chi connectivity index (χ1v) is 13.5. The number of amides is 1. The van der Waals surface area contributed by atoms with Crippen LogP contribution in [-0.2, 0) is 21.2 Å². The number of anilines is 1. The number of ether oxygens (including phenoxy) is 1. The van der Waals surface area contributed by atoms with Gasteiger partial charge in [-0.25, -0.2) is 13.4 Å². The number of thiazole rings is 1. The lowest BCUT2D eigenvalue weighted by Crippen LogP contribution is -2.30. The molecule has 7 nitrogen and oxygen atoms in total. The van der Waals surface area contributed by atoms with Crippen LogP contribution in [0, 0.1) is 0 Å². The third-order valence-corrected chi connectivity index (χ3v) is 8.53. The fourth-order valence-electron chi connectivity index (χ4n) is 3.10. The van der Waals surface area contributed by atoms with E-state index >= 15 is 0 Å². The third kappa shape index (κ3) is 5.74. The van der Waals surface area contributed by atoms with Gasteiger partial charge in [0, 0.05) is 18.5 Å². The van der Waals surface area contributed by atoms with Crippen LogP contribution in [0.1, 0.15) is 33.4 Å². The highest BCUT2D eigenvalue weighted by molar-refractivity contribution is 7.89. The molecule has 2 aromatic heterocycles. The summed E-state index contributed by atoms with van der Waals surface area (Å²) in [6.45, 7) is 8.04. The predicted molar refractivity (Wildman–Crippen MR) is 130 cm³/mol.